The third-order valence-electron chi connectivity index (χ3n) is 3.12. The summed E-state index contributed by atoms with van der Waals surface area (Å²) in [7, 11) is -3.33. The van der Waals surface area contributed by atoms with Crippen molar-refractivity contribution in [1.29, 1.82) is 0 Å². The van der Waals surface area contributed by atoms with Gasteiger partial charge < -0.3 is 0 Å². The summed E-state index contributed by atoms with van der Waals surface area (Å²) in [5.41, 5.74) is 0. The fraction of sp³-hybridized carbons (Fsp3) is 1.00. The molecule has 0 bridgehead atoms. The second kappa shape index (κ2) is 2.66. The van der Waals surface area contributed by atoms with E-state index in [2.05, 4.69) is 0 Å². The Morgan fingerprint density at radius 3 is 2.07 bits per heavy atom. The molecule has 82 valence electrons. The van der Waals surface area contributed by atoms with Gasteiger partial charge in [-0.15, -0.1) is 0 Å². The molecule has 1 saturated heterocycles. The third-order valence-corrected chi connectivity index (χ3v) is 5.33. The van der Waals surface area contributed by atoms with Crippen molar-refractivity contribution < 1.29 is 17.2 Å². The van der Waals surface area contributed by atoms with Crippen LogP contribution in [0.3, 0.4) is 0 Å². The molecule has 2 unspecified atom stereocenters. The molecule has 0 aromatic rings. The first-order valence-electron chi connectivity index (χ1n) is 4.64. The van der Waals surface area contributed by atoms with E-state index >= 15 is 0 Å². The molecule has 0 N–H and O–H groups in total. The summed E-state index contributed by atoms with van der Waals surface area (Å²) in [6.07, 6.45) is 0. The maximum atomic E-state index is 12.8. The van der Waals surface area contributed by atoms with Gasteiger partial charge in [0.15, 0.2) is 0 Å². The molecule has 0 radical (unpaired) electrons. The first kappa shape index (κ1) is 10.3. The smallest absolute Gasteiger partial charge is 0.212 e. The minimum Gasteiger partial charge on any atom is -0.212 e. The van der Waals surface area contributed by atoms with Gasteiger partial charge in [-0.1, -0.05) is 0 Å². The van der Waals surface area contributed by atoms with Crippen LogP contribution in [0.15, 0.2) is 0 Å². The number of fused-ring (bicyclic) bond motifs is 1. The molecule has 14 heavy (non-hydrogen) atoms. The van der Waals surface area contributed by atoms with E-state index in [0.717, 1.165) is 0 Å². The van der Waals surface area contributed by atoms with Crippen LogP contribution in [0.5, 0.6) is 0 Å². The summed E-state index contributed by atoms with van der Waals surface area (Å²) >= 11 is 0. The molecular weight excluding hydrogens is 212 g/mol. The summed E-state index contributed by atoms with van der Waals surface area (Å²) in [6.45, 7) is 3.13. The topological polar surface area (TPSA) is 37.4 Å². The maximum absolute atomic E-state index is 12.8. The van der Waals surface area contributed by atoms with Crippen molar-refractivity contribution in [2.24, 2.45) is 11.8 Å². The van der Waals surface area contributed by atoms with Gasteiger partial charge in [0, 0.05) is 24.9 Å². The molecule has 1 saturated carbocycles. The van der Waals surface area contributed by atoms with E-state index in [1.54, 1.807) is 13.8 Å². The molecular formula is C8H13F2NO2S. The minimum atomic E-state index is -3.33. The van der Waals surface area contributed by atoms with Gasteiger partial charge in [-0.25, -0.2) is 21.5 Å². The van der Waals surface area contributed by atoms with Gasteiger partial charge in [0.1, 0.15) is 0 Å². The average Bonchev–Trinajstić information content (AvgIpc) is 2.52. The molecule has 0 aromatic heterocycles. The molecule has 2 atom stereocenters. The Balaban J connectivity index is 2.08. The van der Waals surface area contributed by atoms with E-state index < -0.39 is 33.0 Å². The molecule has 2 rings (SSSR count). The van der Waals surface area contributed by atoms with Crippen molar-refractivity contribution in [1.82, 2.24) is 4.31 Å². The lowest BCUT2D eigenvalue weighted by molar-refractivity contribution is 0.0661. The standard InChI is InChI=1S/C8H13F2NO2S/c1-5(2)14(12,13)11-3-6-7(4-11)8(6,9)10/h5-7H,3-4H2,1-2H3. The van der Waals surface area contributed by atoms with Crippen LogP contribution in [-0.4, -0.2) is 37.0 Å². The SMILES string of the molecule is CC(C)S(=O)(=O)N1CC2C(C1)C2(F)F. The van der Waals surface area contributed by atoms with Gasteiger partial charge in [0.05, 0.1) is 5.25 Å². The van der Waals surface area contributed by atoms with Crippen molar-refractivity contribution in [3.8, 4) is 0 Å². The Hall–Kier alpha value is -0.230. The van der Waals surface area contributed by atoms with Crippen LogP contribution in [0.25, 0.3) is 0 Å². The zero-order chi connectivity index (χ0) is 10.7. The monoisotopic (exact) mass is 225 g/mol. The van der Waals surface area contributed by atoms with E-state index in [-0.39, 0.29) is 13.1 Å². The first-order chi connectivity index (χ1) is 6.28. The molecule has 3 nitrogen and oxygen atoms in total. The highest BCUT2D eigenvalue weighted by molar-refractivity contribution is 7.89. The first-order valence-corrected chi connectivity index (χ1v) is 6.15. The zero-order valence-electron chi connectivity index (χ0n) is 8.07. The Labute approximate surface area is 82.1 Å². The molecule has 0 spiro atoms. The number of hydrogen-bond donors (Lipinski definition) is 0. The molecule has 2 fully saturated rings. The zero-order valence-corrected chi connectivity index (χ0v) is 8.89. The predicted octanol–water partition coefficient (Wildman–Crippen LogP) is 0.921. The number of rotatable bonds is 2. The molecule has 1 heterocycles. The Morgan fingerprint density at radius 1 is 1.29 bits per heavy atom. The number of piperidine rings is 1. The second-order valence-electron chi connectivity index (χ2n) is 4.30. The van der Waals surface area contributed by atoms with E-state index in [9.17, 15) is 17.2 Å². The second-order valence-corrected chi connectivity index (χ2v) is 6.79. The highest BCUT2D eigenvalue weighted by Gasteiger charge is 2.72. The number of hydrogen-bond acceptors (Lipinski definition) is 2. The highest BCUT2D eigenvalue weighted by atomic mass is 32.2. The van der Waals surface area contributed by atoms with Crippen LogP contribution in [0.2, 0.25) is 0 Å². The van der Waals surface area contributed by atoms with Crippen LogP contribution < -0.4 is 0 Å². The van der Waals surface area contributed by atoms with Crippen LogP contribution in [-0.2, 0) is 10.0 Å². The highest BCUT2D eigenvalue weighted by Crippen LogP contribution is 2.59. The summed E-state index contributed by atoms with van der Waals surface area (Å²) in [4.78, 5) is 0. The van der Waals surface area contributed by atoms with E-state index in [1.807, 2.05) is 0 Å². The minimum absolute atomic E-state index is 0.00181. The third kappa shape index (κ3) is 1.20. The van der Waals surface area contributed by atoms with E-state index in [4.69, 9.17) is 0 Å². The fourth-order valence-corrected chi connectivity index (χ4v) is 3.31. The molecule has 0 aromatic carbocycles. The number of sulfonamides is 1. The van der Waals surface area contributed by atoms with Crippen molar-refractivity contribution >= 4 is 10.0 Å². The molecule has 1 aliphatic carbocycles. The average molecular weight is 225 g/mol. The van der Waals surface area contributed by atoms with Crippen molar-refractivity contribution in [2.75, 3.05) is 13.1 Å². The van der Waals surface area contributed by atoms with Gasteiger partial charge in [0.2, 0.25) is 10.0 Å². The molecule has 6 heteroatoms. The van der Waals surface area contributed by atoms with Gasteiger partial charge in [-0.2, -0.15) is 0 Å². The van der Waals surface area contributed by atoms with Gasteiger partial charge in [-0.05, 0) is 13.8 Å². The van der Waals surface area contributed by atoms with E-state index in [0.29, 0.717) is 0 Å². The lowest BCUT2D eigenvalue weighted by Gasteiger charge is -2.21. The quantitative estimate of drug-likeness (QED) is 0.701. The molecule has 0 amide bonds. The normalized spacial score (nSPS) is 36.1. The van der Waals surface area contributed by atoms with E-state index in [1.165, 1.54) is 4.31 Å². The number of alkyl halides is 2. The maximum Gasteiger partial charge on any atom is 0.257 e. The molecule has 2 aliphatic rings. The Kier molecular flexibility index (Phi) is 1.96. The predicted molar refractivity (Wildman–Crippen MR) is 47.6 cm³/mol. The summed E-state index contributed by atoms with van der Waals surface area (Å²) < 4.78 is 49.9. The Bertz CT molecular complexity index is 338. The Morgan fingerprint density at radius 2 is 1.71 bits per heavy atom. The lowest BCUT2D eigenvalue weighted by Crippen LogP contribution is -2.38. The van der Waals surface area contributed by atoms with Crippen LogP contribution in [0.1, 0.15) is 13.8 Å². The van der Waals surface area contributed by atoms with Gasteiger partial charge in [0.25, 0.3) is 5.92 Å². The van der Waals surface area contributed by atoms with Crippen molar-refractivity contribution in [2.45, 2.75) is 25.0 Å². The number of nitrogens with zero attached hydrogens (tertiary/aromatic N) is 1. The van der Waals surface area contributed by atoms with Crippen LogP contribution >= 0.6 is 0 Å². The fourth-order valence-electron chi connectivity index (χ4n) is 1.98. The van der Waals surface area contributed by atoms with Gasteiger partial charge >= 0.3 is 0 Å². The number of halogens is 2. The van der Waals surface area contributed by atoms with Crippen molar-refractivity contribution in [3.63, 3.8) is 0 Å². The summed E-state index contributed by atoms with van der Waals surface area (Å²) in [6, 6.07) is 0. The largest absolute Gasteiger partial charge is 0.257 e. The van der Waals surface area contributed by atoms with Crippen molar-refractivity contribution in [3.05, 3.63) is 0 Å². The summed E-state index contributed by atoms with van der Waals surface area (Å²) in [5, 5.41) is -0.520. The van der Waals surface area contributed by atoms with Crippen LogP contribution in [0, 0.1) is 11.8 Å². The van der Waals surface area contributed by atoms with Gasteiger partial charge in [-0.3, -0.25) is 0 Å². The lowest BCUT2D eigenvalue weighted by atomic mass is 10.4. The summed E-state index contributed by atoms with van der Waals surface area (Å²) in [5.74, 6) is -4.06. The van der Waals surface area contributed by atoms with Crippen LogP contribution in [0.4, 0.5) is 8.78 Å². The molecule has 1 aliphatic heterocycles.